The molecular weight excluding hydrogens is 200 g/mol. The van der Waals surface area contributed by atoms with Crippen LogP contribution in [0.2, 0.25) is 0 Å². The Hall–Kier alpha value is -1.14. The minimum atomic E-state index is -0.754. The van der Waals surface area contributed by atoms with Crippen LogP contribution < -0.4 is 5.32 Å². The van der Waals surface area contributed by atoms with Crippen molar-refractivity contribution in [1.82, 2.24) is 10.2 Å². The molecule has 2 rings (SSSR count). The molecule has 3 amide bonds. The molecule has 2 aliphatic heterocycles. The van der Waals surface area contributed by atoms with E-state index in [1.54, 1.807) is 0 Å². The summed E-state index contributed by atoms with van der Waals surface area (Å²) in [7, 11) is 0. The molecule has 6 nitrogen and oxygen atoms in total. The van der Waals surface area contributed by atoms with E-state index in [1.807, 2.05) is 0 Å². The molecule has 0 unspecified atom stereocenters. The van der Waals surface area contributed by atoms with Gasteiger partial charge in [-0.15, -0.1) is 0 Å². The molecule has 6 heteroatoms. The van der Waals surface area contributed by atoms with Gasteiger partial charge in [-0.2, -0.15) is 0 Å². The maximum absolute atomic E-state index is 11.5. The van der Waals surface area contributed by atoms with E-state index in [-0.39, 0.29) is 19.1 Å². The normalized spacial score (nSPS) is 25.5. The van der Waals surface area contributed by atoms with E-state index in [2.05, 4.69) is 5.32 Å². The predicted molar refractivity (Wildman–Crippen MR) is 50.1 cm³/mol. The third kappa shape index (κ3) is 1.59. The molecule has 0 spiro atoms. The third-order valence-corrected chi connectivity index (χ3v) is 3.04. The van der Waals surface area contributed by atoms with Gasteiger partial charge in [0.25, 0.3) is 5.91 Å². The molecule has 2 fully saturated rings. The molecule has 84 valence electrons. The minimum absolute atomic E-state index is 0.0292. The zero-order chi connectivity index (χ0) is 10.9. The number of carbonyl (C=O) groups excluding carboxylic acids is 2. The van der Waals surface area contributed by atoms with Crippen molar-refractivity contribution in [1.29, 1.82) is 0 Å². The molecule has 2 N–H and O–H groups in total. The van der Waals surface area contributed by atoms with Crippen molar-refractivity contribution in [3.8, 4) is 0 Å². The van der Waals surface area contributed by atoms with Crippen LogP contribution in [0.5, 0.6) is 0 Å². The number of nitrogens with one attached hydrogen (secondary N) is 1. The Balaban J connectivity index is 2.24. The first-order valence-corrected chi connectivity index (χ1v) is 4.99. The highest BCUT2D eigenvalue weighted by Gasteiger charge is 2.46. The number of imide groups is 1. The Bertz CT molecular complexity index is 270. The maximum atomic E-state index is 11.5. The lowest BCUT2D eigenvalue weighted by molar-refractivity contribution is -0.134. The fourth-order valence-corrected chi connectivity index (χ4v) is 2.11. The van der Waals surface area contributed by atoms with Crippen LogP contribution in [0.4, 0.5) is 4.79 Å². The second-order valence-corrected chi connectivity index (χ2v) is 3.88. The molecule has 0 atom stereocenters. The van der Waals surface area contributed by atoms with Gasteiger partial charge in [0, 0.05) is 13.2 Å². The molecule has 0 radical (unpaired) electrons. The van der Waals surface area contributed by atoms with Crippen LogP contribution >= 0.6 is 0 Å². The highest BCUT2D eigenvalue weighted by molar-refractivity contribution is 6.02. The summed E-state index contributed by atoms with van der Waals surface area (Å²) in [5.74, 6) is -0.268. The Morgan fingerprint density at radius 2 is 2.07 bits per heavy atom. The SMILES string of the molecule is O=C1CNC(=O)N1C1(CO)CCOCC1. The average molecular weight is 214 g/mol. The Labute approximate surface area is 87.2 Å². The standard InChI is InChI=1S/C9H14N2O4/c12-6-9(1-3-15-4-2-9)11-7(13)5-10-8(11)14/h12H,1-6H2,(H,10,14). The lowest BCUT2D eigenvalue weighted by atomic mass is 9.89. The first-order chi connectivity index (χ1) is 7.19. The van der Waals surface area contributed by atoms with Gasteiger partial charge in [-0.25, -0.2) is 4.79 Å². The minimum Gasteiger partial charge on any atom is -0.394 e. The van der Waals surface area contributed by atoms with Crippen LogP contribution in [0.3, 0.4) is 0 Å². The van der Waals surface area contributed by atoms with Gasteiger partial charge in [0.2, 0.25) is 0 Å². The van der Waals surface area contributed by atoms with Crippen molar-refractivity contribution in [2.75, 3.05) is 26.4 Å². The summed E-state index contributed by atoms with van der Waals surface area (Å²) in [4.78, 5) is 24.2. The summed E-state index contributed by atoms with van der Waals surface area (Å²) in [6.45, 7) is 0.770. The molecule has 0 aliphatic carbocycles. The number of aliphatic hydroxyl groups is 1. The topological polar surface area (TPSA) is 78.9 Å². The average Bonchev–Trinajstić information content (AvgIpc) is 2.60. The lowest BCUT2D eigenvalue weighted by Gasteiger charge is -2.40. The third-order valence-electron chi connectivity index (χ3n) is 3.04. The van der Waals surface area contributed by atoms with Gasteiger partial charge in [-0.3, -0.25) is 9.69 Å². The highest BCUT2D eigenvalue weighted by Crippen LogP contribution is 2.29. The zero-order valence-corrected chi connectivity index (χ0v) is 8.36. The van der Waals surface area contributed by atoms with E-state index >= 15 is 0 Å². The quantitative estimate of drug-likeness (QED) is 0.583. The van der Waals surface area contributed by atoms with E-state index < -0.39 is 11.6 Å². The van der Waals surface area contributed by atoms with E-state index in [0.717, 1.165) is 4.90 Å². The first-order valence-electron chi connectivity index (χ1n) is 4.99. The van der Waals surface area contributed by atoms with Crippen LogP contribution in [-0.4, -0.2) is 53.8 Å². The Morgan fingerprint density at radius 3 is 2.53 bits per heavy atom. The molecule has 2 saturated heterocycles. The van der Waals surface area contributed by atoms with Gasteiger partial charge in [-0.1, -0.05) is 0 Å². The fourth-order valence-electron chi connectivity index (χ4n) is 2.11. The molecule has 0 aromatic carbocycles. The molecule has 0 aromatic rings. The van der Waals surface area contributed by atoms with Crippen LogP contribution in [0.15, 0.2) is 0 Å². The summed E-state index contributed by atoms with van der Waals surface area (Å²) in [6.07, 6.45) is 1.01. The van der Waals surface area contributed by atoms with E-state index in [4.69, 9.17) is 4.74 Å². The number of rotatable bonds is 2. The number of nitrogens with zero attached hydrogens (tertiary/aromatic N) is 1. The van der Waals surface area contributed by atoms with Gasteiger partial charge in [-0.05, 0) is 12.8 Å². The summed E-state index contributed by atoms with van der Waals surface area (Å²) in [6, 6.07) is -0.407. The van der Waals surface area contributed by atoms with E-state index in [1.165, 1.54) is 0 Å². The number of aliphatic hydroxyl groups excluding tert-OH is 1. The second-order valence-electron chi connectivity index (χ2n) is 3.88. The van der Waals surface area contributed by atoms with Gasteiger partial charge in [0.05, 0.1) is 18.7 Å². The van der Waals surface area contributed by atoms with Crippen LogP contribution in [0.1, 0.15) is 12.8 Å². The largest absolute Gasteiger partial charge is 0.394 e. The van der Waals surface area contributed by atoms with Crippen molar-refractivity contribution in [3.05, 3.63) is 0 Å². The van der Waals surface area contributed by atoms with Gasteiger partial charge < -0.3 is 15.2 Å². The second kappa shape index (κ2) is 3.79. The Kier molecular flexibility index (Phi) is 2.62. The van der Waals surface area contributed by atoms with Crippen molar-refractivity contribution in [2.45, 2.75) is 18.4 Å². The number of ether oxygens (including phenoxy) is 1. The molecule has 0 aromatic heterocycles. The highest BCUT2D eigenvalue weighted by atomic mass is 16.5. The number of amides is 3. The summed E-state index contributed by atoms with van der Waals surface area (Å²) < 4.78 is 5.18. The Morgan fingerprint density at radius 1 is 1.40 bits per heavy atom. The predicted octanol–water partition coefficient (Wildman–Crippen LogP) is -0.920. The van der Waals surface area contributed by atoms with Crippen LogP contribution in [0.25, 0.3) is 0 Å². The van der Waals surface area contributed by atoms with Crippen molar-refractivity contribution >= 4 is 11.9 Å². The molecule has 2 aliphatic rings. The lowest BCUT2D eigenvalue weighted by Crippen LogP contribution is -2.57. The van der Waals surface area contributed by atoms with Crippen molar-refractivity contribution < 1.29 is 19.4 Å². The molecule has 2 heterocycles. The number of hydrogen-bond donors (Lipinski definition) is 2. The molecule has 0 bridgehead atoms. The number of carbonyl (C=O) groups is 2. The van der Waals surface area contributed by atoms with Gasteiger partial charge >= 0.3 is 6.03 Å². The van der Waals surface area contributed by atoms with Crippen LogP contribution in [0, 0.1) is 0 Å². The molecular formula is C9H14N2O4. The van der Waals surface area contributed by atoms with Crippen molar-refractivity contribution in [3.63, 3.8) is 0 Å². The summed E-state index contributed by atoms with van der Waals surface area (Å²) in [5.41, 5.74) is -0.754. The smallest absolute Gasteiger partial charge is 0.325 e. The molecule has 0 saturated carbocycles. The number of hydrogen-bond acceptors (Lipinski definition) is 4. The van der Waals surface area contributed by atoms with Gasteiger partial charge in [0.15, 0.2) is 0 Å². The summed E-state index contributed by atoms with van der Waals surface area (Å²) >= 11 is 0. The monoisotopic (exact) mass is 214 g/mol. The van der Waals surface area contributed by atoms with Crippen molar-refractivity contribution in [2.24, 2.45) is 0 Å². The van der Waals surface area contributed by atoms with E-state index in [9.17, 15) is 14.7 Å². The molecule has 15 heavy (non-hydrogen) atoms. The number of urea groups is 1. The van der Waals surface area contributed by atoms with Crippen LogP contribution in [-0.2, 0) is 9.53 Å². The van der Waals surface area contributed by atoms with Gasteiger partial charge in [0.1, 0.15) is 0 Å². The van der Waals surface area contributed by atoms with E-state index in [0.29, 0.717) is 26.1 Å². The maximum Gasteiger partial charge on any atom is 0.325 e. The fraction of sp³-hybridized carbons (Fsp3) is 0.778. The zero-order valence-electron chi connectivity index (χ0n) is 8.36. The summed E-state index contributed by atoms with van der Waals surface area (Å²) in [5, 5.41) is 11.9. The first kappa shape index (κ1) is 10.4.